The molecule has 2 rings (SSSR count). The quantitative estimate of drug-likeness (QED) is 0.756. The summed E-state index contributed by atoms with van der Waals surface area (Å²) in [6, 6.07) is 0. The molecular weight excluding hydrogens is 184 g/mol. The highest BCUT2D eigenvalue weighted by molar-refractivity contribution is 4.85. The van der Waals surface area contributed by atoms with Crippen molar-refractivity contribution < 1.29 is 0 Å². The number of nitrogens with one attached hydrogen (secondary N) is 1. The predicted octanol–water partition coefficient (Wildman–Crippen LogP) is 2.35. The van der Waals surface area contributed by atoms with Crippen molar-refractivity contribution in [2.75, 3.05) is 32.7 Å². The minimum Gasteiger partial charge on any atom is -0.316 e. The van der Waals surface area contributed by atoms with Gasteiger partial charge in [-0.25, -0.2) is 0 Å². The van der Waals surface area contributed by atoms with Crippen molar-refractivity contribution >= 4 is 0 Å². The standard InChI is InChI=1S/C11H22N2.C2H6/c1-2-6-13-7-4-10-8-12-5-3-11(10)9-13;1-2/h10-12H,2-9H2,1H3;1-2H3. The van der Waals surface area contributed by atoms with Gasteiger partial charge in [-0.3, -0.25) is 0 Å². The van der Waals surface area contributed by atoms with Gasteiger partial charge >= 0.3 is 0 Å². The lowest BCUT2D eigenvalue weighted by Gasteiger charge is -2.41. The van der Waals surface area contributed by atoms with Crippen LogP contribution in [-0.4, -0.2) is 37.6 Å². The van der Waals surface area contributed by atoms with Crippen LogP contribution >= 0.6 is 0 Å². The normalized spacial score (nSPS) is 31.4. The summed E-state index contributed by atoms with van der Waals surface area (Å²) in [7, 11) is 0. The first kappa shape index (κ1) is 13.0. The maximum atomic E-state index is 3.51. The van der Waals surface area contributed by atoms with Crippen LogP contribution in [0.5, 0.6) is 0 Å². The zero-order valence-corrected chi connectivity index (χ0v) is 10.8. The molecule has 2 heterocycles. The molecule has 1 N–H and O–H groups in total. The lowest BCUT2D eigenvalue weighted by atomic mass is 9.81. The summed E-state index contributed by atoms with van der Waals surface area (Å²) >= 11 is 0. The highest BCUT2D eigenvalue weighted by Gasteiger charge is 2.30. The summed E-state index contributed by atoms with van der Waals surface area (Å²) in [4.78, 5) is 2.66. The van der Waals surface area contributed by atoms with Crippen LogP contribution in [0.2, 0.25) is 0 Å². The fourth-order valence-electron chi connectivity index (χ4n) is 2.85. The highest BCUT2D eigenvalue weighted by atomic mass is 15.1. The van der Waals surface area contributed by atoms with Gasteiger partial charge in [-0.1, -0.05) is 20.8 Å². The molecule has 0 amide bonds. The Morgan fingerprint density at radius 3 is 2.73 bits per heavy atom. The molecule has 2 fully saturated rings. The molecule has 0 bridgehead atoms. The summed E-state index contributed by atoms with van der Waals surface area (Å²) in [5, 5.41) is 3.51. The Hall–Kier alpha value is -0.0800. The highest BCUT2D eigenvalue weighted by Crippen LogP contribution is 2.27. The van der Waals surface area contributed by atoms with Crippen molar-refractivity contribution in [1.29, 1.82) is 0 Å². The Balaban J connectivity index is 0.000000531. The summed E-state index contributed by atoms with van der Waals surface area (Å²) in [5.41, 5.74) is 0. The molecule has 0 aliphatic carbocycles. The van der Waals surface area contributed by atoms with Crippen molar-refractivity contribution in [3.05, 3.63) is 0 Å². The van der Waals surface area contributed by atoms with Crippen molar-refractivity contribution in [1.82, 2.24) is 10.2 Å². The average molecular weight is 212 g/mol. The SMILES string of the molecule is CC.CCCN1CCC2CNCCC2C1. The number of hydrogen-bond donors (Lipinski definition) is 1. The number of nitrogens with zero attached hydrogens (tertiary/aromatic N) is 1. The fourth-order valence-corrected chi connectivity index (χ4v) is 2.85. The number of rotatable bonds is 2. The van der Waals surface area contributed by atoms with Crippen LogP contribution in [0.25, 0.3) is 0 Å². The molecule has 2 atom stereocenters. The second kappa shape index (κ2) is 7.24. The van der Waals surface area contributed by atoms with Gasteiger partial charge in [0.05, 0.1) is 0 Å². The van der Waals surface area contributed by atoms with Gasteiger partial charge in [-0.2, -0.15) is 0 Å². The van der Waals surface area contributed by atoms with Crippen molar-refractivity contribution in [3.8, 4) is 0 Å². The van der Waals surface area contributed by atoms with Crippen LogP contribution in [-0.2, 0) is 0 Å². The lowest BCUT2D eigenvalue weighted by molar-refractivity contribution is 0.0957. The van der Waals surface area contributed by atoms with E-state index in [0.29, 0.717) is 0 Å². The molecule has 2 heteroatoms. The molecule has 2 saturated heterocycles. The Morgan fingerprint density at radius 2 is 2.00 bits per heavy atom. The van der Waals surface area contributed by atoms with E-state index in [1.54, 1.807) is 0 Å². The Kier molecular flexibility index (Phi) is 6.26. The molecule has 2 aliphatic heterocycles. The van der Waals surface area contributed by atoms with Crippen LogP contribution < -0.4 is 5.32 Å². The molecule has 0 aromatic carbocycles. The van der Waals surface area contributed by atoms with E-state index in [-0.39, 0.29) is 0 Å². The Labute approximate surface area is 95.4 Å². The lowest BCUT2D eigenvalue weighted by Crippen LogP contribution is -2.48. The van der Waals surface area contributed by atoms with E-state index in [1.165, 1.54) is 52.0 Å². The number of piperidine rings is 2. The topological polar surface area (TPSA) is 15.3 Å². The van der Waals surface area contributed by atoms with Gasteiger partial charge in [0.15, 0.2) is 0 Å². The molecule has 2 unspecified atom stereocenters. The number of fused-ring (bicyclic) bond motifs is 1. The molecule has 0 aromatic rings. The molecule has 2 aliphatic rings. The number of likely N-dealkylation sites (tertiary alicyclic amines) is 1. The molecule has 0 radical (unpaired) electrons. The van der Waals surface area contributed by atoms with Gasteiger partial charge in [0.25, 0.3) is 0 Å². The van der Waals surface area contributed by atoms with Gasteiger partial charge in [-0.05, 0) is 57.3 Å². The maximum Gasteiger partial charge on any atom is 0.00133 e. The van der Waals surface area contributed by atoms with E-state index >= 15 is 0 Å². The monoisotopic (exact) mass is 212 g/mol. The van der Waals surface area contributed by atoms with Crippen LogP contribution in [0.1, 0.15) is 40.0 Å². The minimum atomic E-state index is 0.988. The van der Waals surface area contributed by atoms with Gasteiger partial charge in [-0.15, -0.1) is 0 Å². The molecular formula is C13H28N2. The maximum absolute atomic E-state index is 3.51. The molecule has 0 aromatic heterocycles. The van der Waals surface area contributed by atoms with E-state index in [9.17, 15) is 0 Å². The zero-order chi connectivity index (χ0) is 11.1. The van der Waals surface area contributed by atoms with Crippen molar-refractivity contribution in [2.24, 2.45) is 11.8 Å². The van der Waals surface area contributed by atoms with E-state index in [4.69, 9.17) is 0 Å². The first-order valence-corrected chi connectivity index (χ1v) is 6.83. The smallest absolute Gasteiger partial charge is 0.00133 e. The second-order valence-electron chi connectivity index (χ2n) is 4.60. The van der Waals surface area contributed by atoms with Crippen LogP contribution in [0.4, 0.5) is 0 Å². The third-order valence-electron chi connectivity index (χ3n) is 3.61. The number of hydrogen-bond acceptors (Lipinski definition) is 2. The summed E-state index contributed by atoms with van der Waals surface area (Å²) in [6.07, 6.45) is 4.15. The summed E-state index contributed by atoms with van der Waals surface area (Å²) < 4.78 is 0. The van der Waals surface area contributed by atoms with Gasteiger partial charge in [0.2, 0.25) is 0 Å². The first-order valence-electron chi connectivity index (χ1n) is 6.83. The van der Waals surface area contributed by atoms with Crippen LogP contribution in [0.15, 0.2) is 0 Å². The van der Waals surface area contributed by atoms with E-state index in [2.05, 4.69) is 17.1 Å². The third-order valence-corrected chi connectivity index (χ3v) is 3.61. The molecule has 0 spiro atoms. The summed E-state index contributed by atoms with van der Waals surface area (Å²) in [5.74, 6) is 1.99. The predicted molar refractivity (Wildman–Crippen MR) is 67.2 cm³/mol. The molecule has 0 saturated carbocycles. The van der Waals surface area contributed by atoms with Crippen LogP contribution in [0, 0.1) is 11.8 Å². The van der Waals surface area contributed by atoms with E-state index in [1.807, 2.05) is 13.8 Å². The van der Waals surface area contributed by atoms with Gasteiger partial charge in [0.1, 0.15) is 0 Å². The van der Waals surface area contributed by atoms with Crippen molar-refractivity contribution in [2.45, 2.75) is 40.0 Å². The zero-order valence-electron chi connectivity index (χ0n) is 10.8. The molecule has 2 nitrogen and oxygen atoms in total. The first-order chi connectivity index (χ1) is 7.40. The third kappa shape index (κ3) is 3.76. The largest absolute Gasteiger partial charge is 0.316 e. The average Bonchev–Trinajstić information content (AvgIpc) is 2.32. The summed E-state index contributed by atoms with van der Waals surface area (Å²) in [6.45, 7) is 12.9. The second-order valence-corrected chi connectivity index (χ2v) is 4.60. The Bertz CT molecular complexity index is 159. The Morgan fingerprint density at radius 1 is 1.20 bits per heavy atom. The fraction of sp³-hybridized carbons (Fsp3) is 1.00. The minimum absolute atomic E-state index is 0.988. The van der Waals surface area contributed by atoms with E-state index in [0.717, 1.165) is 11.8 Å². The van der Waals surface area contributed by atoms with Gasteiger partial charge in [0, 0.05) is 6.54 Å². The molecule has 90 valence electrons. The molecule has 15 heavy (non-hydrogen) atoms. The van der Waals surface area contributed by atoms with Crippen molar-refractivity contribution in [3.63, 3.8) is 0 Å². The van der Waals surface area contributed by atoms with E-state index < -0.39 is 0 Å². The van der Waals surface area contributed by atoms with Crippen LogP contribution in [0.3, 0.4) is 0 Å². The van der Waals surface area contributed by atoms with Gasteiger partial charge < -0.3 is 10.2 Å².